The minimum absolute atomic E-state index is 0.279. The standard InChI is InChI=1S/C21H19FN6O2S/c1-26-4-6-27(7-5-26)16-9-13(8-14(22)10-16)17-12-23-19-3-2-15(25-28(17)19)11-18-20(29)24-21(30)31-18/h2-3,8-12H,4-7H2,1H3,(H,24,29,30). The van der Waals surface area contributed by atoms with Crippen molar-refractivity contribution in [1.29, 1.82) is 0 Å². The quantitative estimate of drug-likeness (QED) is 0.630. The Morgan fingerprint density at radius 3 is 2.68 bits per heavy atom. The molecular formula is C21H19FN6O2S. The number of thioether (sulfide) groups is 1. The highest BCUT2D eigenvalue weighted by Crippen LogP contribution is 2.29. The molecule has 10 heteroatoms. The van der Waals surface area contributed by atoms with Crippen LogP contribution in [0.1, 0.15) is 5.69 Å². The van der Waals surface area contributed by atoms with Gasteiger partial charge in [-0.2, -0.15) is 5.10 Å². The van der Waals surface area contributed by atoms with Gasteiger partial charge in [0.15, 0.2) is 5.65 Å². The summed E-state index contributed by atoms with van der Waals surface area (Å²) in [5.41, 5.74) is 3.23. The Balaban J connectivity index is 1.52. The van der Waals surface area contributed by atoms with Crippen molar-refractivity contribution in [2.75, 3.05) is 38.1 Å². The van der Waals surface area contributed by atoms with Crippen LogP contribution in [0.3, 0.4) is 0 Å². The van der Waals surface area contributed by atoms with Crippen LogP contribution in [0.4, 0.5) is 14.9 Å². The van der Waals surface area contributed by atoms with E-state index in [1.54, 1.807) is 35.0 Å². The number of carbonyl (C=O) groups is 2. The second-order valence-corrected chi connectivity index (χ2v) is 8.53. The topological polar surface area (TPSA) is 82.8 Å². The number of nitrogens with one attached hydrogen (secondary N) is 1. The first kappa shape index (κ1) is 19.7. The molecule has 158 valence electrons. The highest BCUT2D eigenvalue weighted by Gasteiger charge is 2.25. The van der Waals surface area contributed by atoms with Crippen LogP contribution in [0.25, 0.3) is 23.0 Å². The molecule has 2 aliphatic heterocycles. The fourth-order valence-electron chi connectivity index (χ4n) is 3.69. The van der Waals surface area contributed by atoms with Gasteiger partial charge < -0.3 is 9.80 Å². The second kappa shape index (κ2) is 7.78. The molecule has 0 atom stereocenters. The molecule has 3 aromatic rings. The molecule has 4 heterocycles. The van der Waals surface area contributed by atoms with Gasteiger partial charge in [-0.3, -0.25) is 14.9 Å². The summed E-state index contributed by atoms with van der Waals surface area (Å²) in [4.78, 5) is 32.3. The van der Waals surface area contributed by atoms with Crippen LogP contribution in [0.15, 0.2) is 41.4 Å². The minimum Gasteiger partial charge on any atom is -0.369 e. The molecule has 0 aliphatic carbocycles. The highest BCUT2D eigenvalue weighted by molar-refractivity contribution is 8.18. The fourth-order valence-corrected chi connectivity index (χ4v) is 4.35. The van der Waals surface area contributed by atoms with E-state index in [2.05, 4.69) is 32.2 Å². The SMILES string of the molecule is CN1CCN(c2cc(F)cc(-c3cnc4ccc(C=C5SC(=O)NC5=O)nn34)c2)CC1. The van der Waals surface area contributed by atoms with Gasteiger partial charge in [-0.05, 0) is 55.2 Å². The summed E-state index contributed by atoms with van der Waals surface area (Å²) in [5, 5.41) is 6.36. The Bertz CT molecular complexity index is 1230. The fraction of sp³-hybridized carbons (Fsp3) is 0.238. The number of hydrogen-bond donors (Lipinski definition) is 1. The highest BCUT2D eigenvalue weighted by atomic mass is 32.2. The molecule has 5 rings (SSSR count). The van der Waals surface area contributed by atoms with Gasteiger partial charge in [0.05, 0.1) is 22.5 Å². The Morgan fingerprint density at radius 2 is 1.94 bits per heavy atom. The van der Waals surface area contributed by atoms with Gasteiger partial charge in [0.2, 0.25) is 0 Å². The third kappa shape index (κ3) is 3.91. The molecule has 0 unspecified atom stereocenters. The molecule has 8 nitrogen and oxygen atoms in total. The van der Waals surface area contributed by atoms with Gasteiger partial charge in [-0.25, -0.2) is 13.9 Å². The third-order valence-corrected chi connectivity index (χ3v) is 6.16. The lowest BCUT2D eigenvalue weighted by Crippen LogP contribution is -2.44. The number of aromatic nitrogens is 3. The first-order valence-electron chi connectivity index (χ1n) is 9.80. The number of benzene rings is 1. The summed E-state index contributed by atoms with van der Waals surface area (Å²) in [6.45, 7) is 3.52. The molecule has 0 radical (unpaired) electrons. The number of fused-ring (bicyclic) bond motifs is 1. The molecule has 2 aliphatic rings. The van der Waals surface area contributed by atoms with E-state index in [9.17, 15) is 14.0 Å². The van der Waals surface area contributed by atoms with E-state index < -0.39 is 11.1 Å². The van der Waals surface area contributed by atoms with Gasteiger partial charge >= 0.3 is 0 Å². The van der Waals surface area contributed by atoms with E-state index in [1.807, 2.05) is 6.07 Å². The number of carbonyl (C=O) groups excluding carboxylic acids is 2. The predicted octanol–water partition coefficient (Wildman–Crippen LogP) is 2.61. The van der Waals surface area contributed by atoms with Crippen molar-refractivity contribution >= 4 is 40.3 Å². The summed E-state index contributed by atoms with van der Waals surface area (Å²) in [6.07, 6.45) is 3.21. The molecule has 0 bridgehead atoms. The maximum absolute atomic E-state index is 14.5. The molecule has 2 amide bonds. The van der Waals surface area contributed by atoms with Gasteiger partial charge in [0.25, 0.3) is 11.1 Å². The number of piperazine rings is 1. The molecule has 1 aromatic carbocycles. The van der Waals surface area contributed by atoms with Crippen LogP contribution >= 0.6 is 11.8 Å². The van der Waals surface area contributed by atoms with E-state index in [0.29, 0.717) is 22.6 Å². The van der Waals surface area contributed by atoms with Gasteiger partial charge in [-0.1, -0.05) is 0 Å². The van der Waals surface area contributed by atoms with E-state index in [0.717, 1.165) is 43.6 Å². The van der Waals surface area contributed by atoms with E-state index in [-0.39, 0.29) is 10.7 Å². The summed E-state index contributed by atoms with van der Waals surface area (Å²) in [7, 11) is 2.08. The minimum atomic E-state index is -0.440. The van der Waals surface area contributed by atoms with Crippen molar-refractivity contribution in [1.82, 2.24) is 24.8 Å². The maximum atomic E-state index is 14.5. The van der Waals surface area contributed by atoms with Crippen molar-refractivity contribution < 1.29 is 14.0 Å². The third-order valence-electron chi connectivity index (χ3n) is 5.35. The van der Waals surface area contributed by atoms with Crippen LogP contribution in [0, 0.1) is 5.82 Å². The van der Waals surface area contributed by atoms with Gasteiger partial charge in [0.1, 0.15) is 5.82 Å². The van der Waals surface area contributed by atoms with Crippen molar-refractivity contribution in [3.05, 3.63) is 52.9 Å². The Hall–Kier alpha value is -3.24. The molecule has 1 N–H and O–H groups in total. The average molecular weight is 438 g/mol. The van der Waals surface area contributed by atoms with Crippen LogP contribution in [-0.4, -0.2) is 63.9 Å². The summed E-state index contributed by atoms with van der Waals surface area (Å²) in [6, 6.07) is 8.45. The Kier molecular flexibility index (Phi) is 4.95. The number of imide groups is 1. The summed E-state index contributed by atoms with van der Waals surface area (Å²) < 4.78 is 16.1. The van der Waals surface area contributed by atoms with Crippen molar-refractivity contribution in [3.8, 4) is 11.3 Å². The first-order valence-corrected chi connectivity index (χ1v) is 10.6. The zero-order valence-corrected chi connectivity index (χ0v) is 17.5. The number of anilines is 1. The summed E-state index contributed by atoms with van der Waals surface area (Å²) in [5.74, 6) is -0.762. The smallest absolute Gasteiger partial charge is 0.290 e. The normalized spacial score (nSPS) is 18.9. The number of rotatable bonds is 3. The lowest BCUT2D eigenvalue weighted by molar-refractivity contribution is -0.115. The number of imidazole rings is 1. The maximum Gasteiger partial charge on any atom is 0.290 e. The summed E-state index contributed by atoms with van der Waals surface area (Å²) >= 11 is 0.834. The van der Waals surface area contributed by atoms with Crippen molar-refractivity contribution in [2.45, 2.75) is 0 Å². The average Bonchev–Trinajstić information content (AvgIpc) is 3.30. The zero-order chi connectivity index (χ0) is 21.5. The number of nitrogens with zero attached hydrogens (tertiary/aromatic N) is 5. The van der Waals surface area contributed by atoms with Crippen LogP contribution in [-0.2, 0) is 4.79 Å². The number of amides is 2. The number of hydrogen-bond acceptors (Lipinski definition) is 7. The van der Waals surface area contributed by atoms with E-state index in [4.69, 9.17) is 0 Å². The monoisotopic (exact) mass is 438 g/mol. The lowest BCUT2D eigenvalue weighted by atomic mass is 10.1. The lowest BCUT2D eigenvalue weighted by Gasteiger charge is -2.34. The largest absolute Gasteiger partial charge is 0.369 e. The predicted molar refractivity (Wildman–Crippen MR) is 117 cm³/mol. The van der Waals surface area contributed by atoms with E-state index >= 15 is 0 Å². The first-order chi connectivity index (χ1) is 15.0. The molecule has 0 saturated carbocycles. The second-order valence-electron chi connectivity index (χ2n) is 7.51. The van der Waals surface area contributed by atoms with Crippen LogP contribution in [0.2, 0.25) is 0 Å². The molecule has 2 fully saturated rings. The van der Waals surface area contributed by atoms with E-state index in [1.165, 1.54) is 6.07 Å². The number of likely N-dealkylation sites (N-methyl/N-ethyl adjacent to an activating group) is 1. The molecule has 0 spiro atoms. The van der Waals surface area contributed by atoms with Gasteiger partial charge in [0, 0.05) is 37.4 Å². The van der Waals surface area contributed by atoms with Crippen LogP contribution in [0.5, 0.6) is 0 Å². The molecular weight excluding hydrogens is 419 g/mol. The van der Waals surface area contributed by atoms with Crippen molar-refractivity contribution in [3.63, 3.8) is 0 Å². The van der Waals surface area contributed by atoms with Gasteiger partial charge in [-0.15, -0.1) is 0 Å². The number of halogens is 1. The molecule has 2 saturated heterocycles. The van der Waals surface area contributed by atoms with Crippen molar-refractivity contribution in [2.24, 2.45) is 0 Å². The zero-order valence-electron chi connectivity index (χ0n) is 16.7. The Morgan fingerprint density at radius 1 is 1.13 bits per heavy atom. The molecule has 2 aromatic heterocycles. The Labute approximate surface area is 181 Å². The van der Waals surface area contributed by atoms with Crippen LogP contribution < -0.4 is 10.2 Å². The molecule has 31 heavy (non-hydrogen) atoms.